The van der Waals surface area contributed by atoms with Gasteiger partial charge in [0.1, 0.15) is 5.03 Å². The van der Waals surface area contributed by atoms with Gasteiger partial charge in [0.25, 0.3) is 0 Å². The predicted octanol–water partition coefficient (Wildman–Crippen LogP) is 0.821. The van der Waals surface area contributed by atoms with Crippen LogP contribution in [0.2, 0.25) is 0 Å². The molecule has 8 heavy (non-hydrogen) atoms. The molecule has 0 saturated carbocycles. The van der Waals surface area contributed by atoms with Gasteiger partial charge < -0.3 is 5.11 Å². The Kier molecular flexibility index (Phi) is 12.9. The number of hydrogen-bond acceptors (Lipinski definition) is 1. The van der Waals surface area contributed by atoms with Gasteiger partial charge >= 0.3 is 5.97 Å². The molecule has 0 aliphatic carbocycles. The van der Waals surface area contributed by atoms with Crippen LogP contribution in [0.25, 0.3) is 0 Å². The van der Waals surface area contributed by atoms with E-state index >= 15 is 0 Å². The smallest absolute Gasteiger partial charge is 0.346 e. The Hall–Kier alpha value is -0.396. The van der Waals surface area contributed by atoms with Crippen molar-refractivity contribution in [2.75, 3.05) is 0 Å². The van der Waals surface area contributed by atoms with Crippen LogP contribution in [-0.2, 0) is 37.5 Å². The van der Waals surface area contributed by atoms with Crippen LogP contribution in [0, 0.1) is 0 Å². The van der Waals surface area contributed by atoms with Gasteiger partial charge in [0.05, 0.1) is 0 Å². The number of rotatable bonds is 1. The summed E-state index contributed by atoms with van der Waals surface area (Å²) < 4.78 is 0. The number of carboxylic acid groups (broad SMARTS) is 1. The second-order valence-corrected chi connectivity index (χ2v) is 1.17. The van der Waals surface area contributed by atoms with Crippen molar-refractivity contribution in [2.45, 2.75) is 0 Å². The Morgan fingerprint density at radius 3 is 1.75 bits per heavy atom. The van der Waals surface area contributed by atoms with E-state index in [1.165, 1.54) is 0 Å². The molecule has 0 aliphatic heterocycles. The fourth-order valence-electron chi connectivity index (χ4n) is 0. The van der Waals surface area contributed by atoms with E-state index in [0.29, 0.717) is 0 Å². The second kappa shape index (κ2) is 6.60. The van der Waals surface area contributed by atoms with Crippen molar-refractivity contribution in [2.24, 2.45) is 0 Å². The summed E-state index contributed by atoms with van der Waals surface area (Å²) in [5.74, 6) is -1.17. The Morgan fingerprint density at radius 2 is 1.75 bits per heavy atom. The third-order valence-corrected chi connectivity index (χ3v) is 0.394. The van der Waals surface area contributed by atoms with Gasteiger partial charge in [0.15, 0.2) is 0 Å². The molecule has 0 rings (SSSR count). The first kappa shape index (κ1) is 15.6. The van der Waals surface area contributed by atoms with Crippen LogP contribution in [0.15, 0.2) is 11.6 Å². The molecule has 1 N–H and O–H groups in total. The van der Waals surface area contributed by atoms with Gasteiger partial charge in [0, 0.05) is 32.7 Å². The van der Waals surface area contributed by atoms with E-state index < -0.39 is 5.97 Å². The maximum Gasteiger partial charge on any atom is 0.346 e. The van der Waals surface area contributed by atoms with E-state index in [2.05, 4.69) is 6.58 Å². The quantitative estimate of drug-likeness (QED) is 0.587. The molecule has 0 amide bonds. The van der Waals surface area contributed by atoms with Crippen LogP contribution < -0.4 is 0 Å². The third kappa shape index (κ3) is 9.15. The van der Waals surface area contributed by atoms with Crippen LogP contribution in [0.3, 0.4) is 0 Å². The molecule has 0 aliphatic rings. The molecule has 2 nitrogen and oxygen atoms in total. The van der Waals surface area contributed by atoms with Crippen molar-refractivity contribution < 1.29 is 42.6 Å². The third-order valence-electron chi connectivity index (χ3n) is 0.232. The molecule has 0 saturated heterocycles. The van der Waals surface area contributed by atoms with Gasteiger partial charge in [-0.1, -0.05) is 18.2 Å². The van der Waals surface area contributed by atoms with Gasteiger partial charge in [-0.25, -0.2) is 4.79 Å². The van der Waals surface area contributed by atoms with E-state index in [4.69, 9.17) is 16.7 Å². The number of carbonyl (C=O) groups is 1. The fraction of sp³-hybridized carbons (Fsp3) is 0. The van der Waals surface area contributed by atoms with E-state index in [9.17, 15) is 4.79 Å². The predicted molar refractivity (Wildman–Crippen MR) is 22.6 cm³/mol. The van der Waals surface area contributed by atoms with Gasteiger partial charge in [-0.15, -0.1) is 0 Å². The van der Waals surface area contributed by atoms with Crippen molar-refractivity contribution >= 4 is 17.6 Å². The standard InChI is InChI=1S/C3H3ClO2.Rf.Y/c1-2(4)3(5)6;;/h1H2,(H,5,6);;. The molecular weight excluding hydrogens is 459 g/mol. The summed E-state index contributed by atoms with van der Waals surface area (Å²) in [4.78, 5) is 9.47. The zero-order valence-corrected chi connectivity index (χ0v) is 14.2. The average Bonchev–Trinajstić information content (AvgIpc) is 1.36. The number of aliphatic carboxylic acids is 1. The average molecular weight is 462 g/mol. The van der Waals surface area contributed by atoms with Crippen LogP contribution in [-0.4, -0.2) is 11.1 Å². The summed E-state index contributed by atoms with van der Waals surface area (Å²) in [6.07, 6.45) is 0. The van der Waals surface area contributed by atoms with Crippen LogP contribution in [0.5, 0.6) is 0 Å². The molecule has 0 spiro atoms. The van der Waals surface area contributed by atoms with Crippen LogP contribution >= 0.6 is 11.6 Å². The first-order valence-electron chi connectivity index (χ1n) is 1.22. The normalized spacial score (nSPS) is 5.62. The molecule has 0 atom stereocenters. The van der Waals surface area contributed by atoms with Crippen molar-refractivity contribution in [3.8, 4) is 0 Å². The summed E-state index contributed by atoms with van der Waals surface area (Å²) >= 11 is 4.82. The van der Waals surface area contributed by atoms with Crippen molar-refractivity contribution in [3.63, 3.8) is 0 Å². The molecular formula is C3H3ClO2RfY. The number of hydrogen-bond donors (Lipinski definition) is 1. The van der Waals surface area contributed by atoms with E-state index in [0.717, 1.165) is 0 Å². The summed E-state index contributed by atoms with van der Waals surface area (Å²) in [7, 11) is 0. The van der Waals surface area contributed by atoms with Crippen molar-refractivity contribution in [1.82, 2.24) is 0 Å². The largest absolute Gasteiger partial charge is 0.477 e. The summed E-state index contributed by atoms with van der Waals surface area (Å²) in [6.45, 7) is 2.92. The molecule has 0 aromatic carbocycles. The zero-order chi connectivity index (χ0) is 5.15. The zero-order valence-electron chi connectivity index (χ0n) is 4.22. The van der Waals surface area contributed by atoms with Gasteiger partial charge in [-0.2, -0.15) is 0 Å². The molecule has 5 heteroatoms. The molecule has 0 bridgehead atoms. The summed E-state index contributed by atoms with van der Waals surface area (Å²) in [5.41, 5.74) is 0. The maximum atomic E-state index is 9.47. The minimum absolute atomic E-state index is 0. The van der Waals surface area contributed by atoms with Gasteiger partial charge in [0.2, 0.25) is 0 Å². The van der Waals surface area contributed by atoms with Gasteiger partial charge in [-0.05, 0) is 0 Å². The van der Waals surface area contributed by atoms with Gasteiger partial charge in [-0.3, -0.25) is 0 Å². The number of halogens is 1. The first-order valence-corrected chi connectivity index (χ1v) is 1.60. The Labute approximate surface area is 71.4 Å². The summed E-state index contributed by atoms with van der Waals surface area (Å²) in [5, 5.41) is 7.41. The van der Waals surface area contributed by atoms with E-state index in [-0.39, 0.29) is 37.7 Å². The van der Waals surface area contributed by atoms with Crippen LogP contribution in [0.1, 0.15) is 0 Å². The maximum absolute atomic E-state index is 9.47. The monoisotopic (exact) mass is 462 g/mol. The molecule has 39 valence electrons. The molecule has 0 fully saturated rings. The molecule has 0 unspecified atom stereocenters. The van der Waals surface area contributed by atoms with E-state index in [1.807, 2.05) is 0 Å². The second-order valence-electron chi connectivity index (χ2n) is 0.710. The van der Waals surface area contributed by atoms with Crippen molar-refractivity contribution in [1.29, 1.82) is 0 Å². The van der Waals surface area contributed by atoms with Crippen molar-refractivity contribution in [3.05, 3.63) is 11.6 Å². The van der Waals surface area contributed by atoms with E-state index in [1.54, 1.807) is 0 Å². The topological polar surface area (TPSA) is 37.3 Å². The molecule has 0 heterocycles. The fourth-order valence-corrected chi connectivity index (χ4v) is 0. The Bertz CT molecular complexity index is 83.3. The molecule has 1 radical (unpaired) electrons. The number of carboxylic acids is 1. The Morgan fingerprint density at radius 1 is 1.62 bits per heavy atom. The Balaban J connectivity index is -0.000000125. The van der Waals surface area contributed by atoms with Crippen LogP contribution in [0.4, 0.5) is 0 Å². The first-order chi connectivity index (χ1) is 2.64. The minimum Gasteiger partial charge on any atom is -0.477 e. The minimum atomic E-state index is -1.17. The summed E-state index contributed by atoms with van der Waals surface area (Å²) in [6, 6.07) is 0. The SMILES string of the molecule is C=C(Cl)C(=O)O.[Rf].[Y]. The molecule has 0 aromatic heterocycles. The molecule has 0 aromatic rings.